The smallest absolute Gasteiger partial charge is 0.335 e. The van der Waals surface area contributed by atoms with E-state index in [1.54, 1.807) is 12.1 Å². The Morgan fingerprint density at radius 2 is 2.11 bits per heavy atom. The van der Waals surface area contributed by atoms with Crippen LogP contribution in [0.25, 0.3) is 0 Å². The van der Waals surface area contributed by atoms with Gasteiger partial charge in [0.15, 0.2) is 0 Å². The van der Waals surface area contributed by atoms with Gasteiger partial charge in [-0.2, -0.15) is 0 Å². The summed E-state index contributed by atoms with van der Waals surface area (Å²) in [5, 5.41) is 12.1. The Labute approximate surface area is 120 Å². The van der Waals surface area contributed by atoms with Crippen molar-refractivity contribution in [3.8, 4) is 0 Å². The summed E-state index contributed by atoms with van der Waals surface area (Å²) >= 11 is 3.57. The molecule has 1 amide bonds. The highest BCUT2D eigenvalue weighted by Gasteiger charge is 2.32. The molecule has 1 fully saturated rings. The van der Waals surface area contributed by atoms with E-state index in [4.69, 9.17) is 0 Å². The predicted octanol–water partition coefficient (Wildman–Crippen LogP) is 2.53. The van der Waals surface area contributed by atoms with E-state index in [1.807, 2.05) is 12.1 Å². The molecule has 1 aromatic carbocycles. The molecule has 0 spiro atoms. The van der Waals surface area contributed by atoms with Gasteiger partial charge in [-0.15, -0.1) is 0 Å². The normalized spacial score (nSPS) is 26.7. The number of hydrogen-bond donors (Lipinski definition) is 2. The molecule has 4 nitrogen and oxygen atoms in total. The van der Waals surface area contributed by atoms with Crippen LogP contribution in [-0.2, 0) is 4.79 Å². The van der Waals surface area contributed by atoms with E-state index >= 15 is 0 Å². The third-order valence-electron chi connectivity index (χ3n) is 3.66. The van der Waals surface area contributed by atoms with Gasteiger partial charge in [0.05, 0.1) is 5.56 Å². The molecule has 102 valence electrons. The number of halogens is 1. The van der Waals surface area contributed by atoms with Crippen LogP contribution in [-0.4, -0.2) is 28.4 Å². The van der Waals surface area contributed by atoms with Gasteiger partial charge in [0, 0.05) is 16.8 Å². The lowest BCUT2D eigenvalue weighted by atomic mass is 9.78. The number of alkyl halides is 1. The Kier molecular flexibility index (Phi) is 4.58. The zero-order valence-electron chi connectivity index (χ0n) is 10.4. The largest absolute Gasteiger partial charge is 0.478 e. The molecule has 1 aliphatic carbocycles. The molecule has 0 saturated heterocycles. The molecule has 5 heteroatoms. The predicted molar refractivity (Wildman–Crippen MR) is 75.7 cm³/mol. The van der Waals surface area contributed by atoms with Crippen molar-refractivity contribution in [1.29, 1.82) is 0 Å². The molecule has 0 heterocycles. The SMILES string of the molecule is O=CN[C@H]1C[C@H](Br)CC[C@@H]1c1ccccc1C(=O)O. The Hall–Kier alpha value is -1.36. The van der Waals surface area contributed by atoms with E-state index in [-0.39, 0.29) is 12.0 Å². The van der Waals surface area contributed by atoms with Gasteiger partial charge in [0.2, 0.25) is 6.41 Å². The van der Waals surface area contributed by atoms with Crippen LogP contribution in [0.15, 0.2) is 24.3 Å². The fourth-order valence-corrected chi connectivity index (χ4v) is 3.45. The van der Waals surface area contributed by atoms with E-state index in [9.17, 15) is 14.7 Å². The van der Waals surface area contributed by atoms with Gasteiger partial charge < -0.3 is 10.4 Å². The molecular formula is C14H16BrNO3. The fourth-order valence-electron chi connectivity index (χ4n) is 2.78. The van der Waals surface area contributed by atoms with Gasteiger partial charge >= 0.3 is 5.97 Å². The summed E-state index contributed by atoms with van der Waals surface area (Å²) in [6.07, 6.45) is 3.37. The van der Waals surface area contributed by atoms with Gasteiger partial charge in [-0.3, -0.25) is 4.79 Å². The molecule has 0 aliphatic heterocycles. The number of carboxylic acids is 1. The number of amides is 1. The summed E-state index contributed by atoms with van der Waals surface area (Å²) in [5.74, 6) is -0.854. The third-order valence-corrected chi connectivity index (χ3v) is 4.49. The number of carbonyl (C=O) groups excluding carboxylic acids is 1. The van der Waals surface area contributed by atoms with Crippen LogP contribution in [0.3, 0.4) is 0 Å². The zero-order valence-corrected chi connectivity index (χ0v) is 12.0. The van der Waals surface area contributed by atoms with Crippen LogP contribution in [0.1, 0.15) is 41.1 Å². The zero-order chi connectivity index (χ0) is 13.8. The quantitative estimate of drug-likeness (QED) is 0.660. The molecule has 0 unspecified atom stereocenters. The van der Waals surface area contributed by atoms with Crippen molar-refractivity contribution in [2.75, 3.05) is 0 Å². The van der Waals surface area contributed by atoms with Crippen molar-refractivity contribution in [2.24, 2.45) is 0 Å². The minimum atomic E-state index is -0.915. The Morgan fingerprint density at radius 1 is 1.37 bits per heavy atom. The first-order valence-corrected chi connectivity index (χ1v) is 7.21. The minimum Gasteiger partial charge on any atom is -0.478 e. The summed E-state index contributed by atoms with van der Waals surface area (Å²) in [6, 6.07) is 7.03. The van der Waals surface area contributed by atoms with Crippen LogP contribution in [0, 0.1) is 0 Å². The second kappa shape index (κ2) is 6.19. The van der Waals surface area contributed by atoms with Crippen molar-refractivity contribution >= 4 is 28.3 Å². The molecule has 2 N–H and O–H groups in total. The number of hydrogen-bond acceptors (Lipinski definition) is 2. The maximum atomic E-state index is 11.3. The summed E-state index contributed by atoms with van der Waals surface area (Å²) in [7, 11) is 0. The third kappa shape index (κ3) is 3.15. The van der Waals surface area contributed by atoms with Crippen LogP contribution in [0.5, 0.6) is 0 Å². The Morgan fingerprint density at radius 3 is 2.79 bits per heavy atom. The van der Waals surface area contributed by atoms with E-state index in [1.165, 1.54) is 0 Å². The maximum absolute atomic E-state index is 11.3. The summed E-state index contributed by atoms with van der Waals surface area (Å²) in [4.78, 5) is 22.4. The lowest BCUT2D eigenvalue weighted by molar-refractivity contribution is -0.110. The second-order valence-electron chi connectivity index (χ2n) is 4.80. The number of carboxylic acid groups (broad SMARTS) is 1. The van der Waals surface area contributed by atoms with Gasteiger partial charge in [-0.25, -0.2) is 4.79 Å². The number of aromatic carboxylic acids is 1. The maximum Gasteiger partial charge on any atom is 0.335 e. The standard InChI is InChI=1S/C14H16BrNO3/c15-9-5-6-11(13(7-9)16-8-17)10-3-1-2-4-12(10)14(18)19/h1-4,8-9,11,13H,5-7H2,(H,16,17)(H,18,19)/t9-,11-,13+/m1/s1. The first-order chi connectivity index (χ1) is 9.13. The van der Waals surface area contributed by atoms with E-state index < -0.39 is 5.97 Å². The van der Waals surface area contributed by atoms with Crippen LogP contribution in [0.4, 0.5) is 0 Å². The Bertz CT molecular complexity index is 478. The molecule has 2 rings (SSSR count). The van der Waals surface area contributed by atoms with E-state index in [0.717, 1.165) is 24.8 Å². The van der Waals surface area contributed by atoms with Crippen molar-refractivity contribution in [2.45, 2.75) is 36.0 Å². The molecular weight excluding hydrogens is 310 g/mol. The second-order valence-corrected chi connectivity index (χ2v) is 6.10. The van der Waals surface area contributed by atoms with Crippen LogP contribution in [0.2, 0.25) is 0 Å². The van der Waals surface area contributed by atoms with E-state index in [2.05, 4.69) is 21.2 Å². The summed E-state index contributed by atoms with van der Waals surface area (Å²) in [6.45, 7) is 0. The first-order valence-electron chi connectivity index (χ1n) is 6.29. The number of benzene rings is 1. The number of nitrogens with one attached hydrogen (secondary N) is 1. The molecule has 3 atom stereocenters. The topological polar surface area (TPSA) is 66.4 Å². The van der Waals surface area contributed by atoms with Gasteiger partial charge in [0.25, 0.3) is 0 Å². The fraction of sp³-hybridized carbons (Fsp3) is 0.429. The highest BCUT2D eigenvalue weighted by Crippen LogP contribution is 2.37. The van der Waals surface area contributed by atoms with Crippen LogP contribution >= 0.6 is 15.9 Å². The highest BCUT2D eigenvalue weighted by atomic mass is 79.9. The lowest BCUT2D eigenvalue weighted by Crippen LogP contribution is -2.40. The van der Waals surface area contributed by atoms with Gasteiger partial charge in [-0.1, -0.05) is 34.1 Å². The van der Waals surface area contributed by atoms with Crippen molar-refractivity contribution in [3.63, 3.8) is 0 Å². The molecule has 1 saturated carbocycles. The average Bonchev–Trinajstić information content (AvgIpc) is 2.39. The molecule has 1 aromatic rings. The van der Waals surface area contributed by atoms with Crippen LogP contribution < -0.4 is 5.32 Å². The minimum absolute atomic E-state index is 0.0175. The van der Waals surface area contributed by atoms with Crippen molar-refractivity contribution < 1.29 is 14.7 Å². The highest BCUT2D eigenvalue weighted by molar-refractivity contribution is 9.09. The molecule has 19 heavy (non-hydrogen) atoms. The summed E-state index contributed by atoms with van der Waals surface area (Å²) in [5.41, 5.74) is 1.15. The monoisotopic (exact) mass is 325 g/mol. The van der Waals surface area contributed by atoms with Crippen molar-refractivity contribution in [1.82, 2.24) is 5.32 Å². The van der Waals surface area contributed by atoms with Gasteiger partial charge in [-0.05, 0) is 30.9 Å². The number of carbonyl (C=O) groups is 2. The molecule has 0 bridgehead atoms. The molecule has 0 aromatic heterocycles. The first kappa shape index (κ1) is 14.1. The number of rotatable bonds is 4. The average molecular weight is 326 g/mol. The van der Waals surface area contributed by atoms with Crippen molar-refractivity contribution in [3.05, 3.63) is 35.4 Å². The van der Waals surface area contributed by atoms with Gasteiger partial charge in [0.1, 0.15) is 0 Å². The molecule has 1 aliphatic rings. The Balaban J connectivity index is 2.33. The van der Waals surface area contributed by atoms with E-state index in [0.29, 0.717) is 16.8 Å². The molecule has 0 radical (unpaired) electrons. The summed E-state index contributed by atoms with van der Waals surface area (Å²) < 4.78 is 0. The lowest BCUT2D eigenvalue weighted by Gasteiger charge is -2.34.